The Morgan fingerprint density at radius 2 is 1.72 bits per heavy atom. The van der Waals surface area contributed by atoms with Crippen LogP contribution in [0.4, 0.5) is 11.8 Å². The van der Waals surface area contributed by atoms with Gasteiger partial charge in [-0.25, -0.2) is 9.97 Å². The standard InChI is InChI=1S/C22H21N7/c1-14-8-17-9-15(2-4-18(17)28-14)12-25-22-23-7-6-21(29-22)24-11-16-3-5-19-20(10-16)27-13-26-19/h2-10,13,28H,11-12H2,1H3,(H,26,27)(H2,23,24,25,29). The molecule has 0 aliphatic heterocycles. The first kappa shape index (κ1) is 17.2. The second kappa shape index (κ2) is 7.27. The highest BCUT2D eigenvalue weighted by Crippen LogP contribution is 2.18. The summed E-state index contributed by atoms with van der Waals surface area (Å²) >= 11 is 0. The highest BCUT2D eigenvalue weighted by Gasteiger charge is 2.03. The molecule has 2 aromatic carbocycles. The summed E-state index contributed by atoms with van der Waals surface area (Å²) in [6.07, 6.45) is 3.47. The number of fused-ring (bicyclic) bond motifs is 2. The summed E-state index contributed by atoms with van der Waals surface area (Å²) in [5.41, 5.74) is 6.66. The molecule has 5 rings (SSSR count). The lowest BCUT2D eigenvalue weighted by Crippen LogP contribution is -2.06. The van der Waals surface area contributed by atoms with Crippen molar-refractivity contribution in [3.05, 3.63) is 77.9 Å². The van der Waals surface area contributed by atoms with E-state index in [1.165, 1.54) is 16.6 Å². The maximum Gasteiger partial charge on any atom is 0.224 e. The van der Waals surface area contributed by atoms with Crippen molar-refractivity contribution in [1.29, 1.82) is 0 Å². The van der Waals surface area contributed by atoms with E-state index >= 15 is 0 Å². The third-order valence-electron chi connectivity index (χ3n) is 4.88. The minimum absolute atomic E-state index is 0.601. The summed E-state index contributed by atoms with van der Waals surface area (Å²) in [5.74, 6) is 1.38. The van der Waals surface area contributed by atoms with Crippen LogP contribution in [-0.4, -0.2) is 24.9 Å². The van der Waals surface area contributed by atoms with Crippen molar-refractivity contribution in [3.8, 4) is 0 Å². The summed E-state index contributed by atoms with van der Waals surface area (Å²) < 4.78 is 0. The third kappa shape index (κ3) is 3.75. The number of rotatable bonds is 6. The molecule has 7 heteroatoms. The number of hydrogen-bond acceptors (Lipinski definition) is 5. The SMILES string of the molecule is Cc1cc2cc(CNc3nccc(NCc4ccc5nc[nH]c5c4)n3)ccc2[nH]1. The Bertz CT molecular complexity index is 1280. The van der Waals surface area contributed by atoms with Crippen molar-refractivity contribution < 1.29 is 0 Å². The first-order chi connectivity index (χ1) is 14.2. The third-order valence-corrected chi connectivity index (χ3v) is 4.88. The monoisotopic (exact) mass is 383 g/mol. The Morgan fingerprint density at radius 1 is 0.862 bits per heavy atom. The first-order valence-electron chi connectivity index (χ1n) is 9.54. The molecular weight excluding hydrogens is 362 g/mol. The van der Waals surface area contributed by atoms with Gasteiger partial charge in [0.25, 0.3) is 0 Å². The van der Waals surface area contributed by atoms with Crippen LogP contribution in [0.1, 0.15) is 16.8 Å². The number of anilines is 2. The minimum Gasteiger partial charge on any atom is -0.366 e. The molecule has 0 aliphatic rings. The summed E-state index contributed by atoms with van der Waals surface area (Å²) in [4.78, 5) is 19.6. The zero-order chi connectivity index (χ0) is 19.6. The van der Waals surface area contributed by atoms with Crippen LogP contribution >= 0.6 is 0 Å². The zero-order valence-corrected chi connectivity index (χ0v) is 16.0. The predicted molar refractivity (Wildman–Crippen MR) is 116 cm³/mol. The van der Waals surface area contributed by atoms with E-state index < -0.39 is 0 Å². The van der Waals surface area contributed by atoms with E-state index in [2.05, 4.69) is 78.9 Å². The van der Waals surface area contributed by atoms with Gasteiger partial charge in [-0.15, -0.1) is 0 Å². The number of imidazole rings is 1. The Labute approximate surface area is 167 Å². The molecule has 0 fully saturated rings. The molecule has 0 radical (unpaired) electrons. The lowest BCUT2D eigenvalue weighted by atomic mass is 10.1. The van der Waals surface area contributed by atoms with E-state index in [1.807, 2.05) is 12.1 Å². The fourth-order valence-electron chi connectivity index (χ4n) is 3.45. The smallest absolute Gasteiger partial charge is 0.224 e. The van der Waals surface area contributed by atoms with Gasteiger partial charge in [0.05, 0.1) is 17.4 Å². The fraction of sp³-hybridized carbons (Fsp3) is 0.136. The summed E-state index contributed by atoms with van der Waals surface area (Å²) in [7, 11) is 0. The number of benzene rings is 2. The zero-order valence-electron chi connectivity index (χ0n) is 16.0. The molecule has 5 aromatic rings. The maximum atomic E-state index is 4.56. The van der Waals surface area contributed by atoms with E-state index in [0.29, 0.717) is 19.0 Å². The average Bonchev–Trinajstić information content (AvgIpc) is 3.35. The molecule has 3 aromatic heterocycles. The van der Waals surface area contributed by atoms with E-state index in [-0.39, 0.29) is 0 Å². The molecule has 0 bridgehead atoms. The van der Waals surface area contributed by atoms with Crippen LogP contribution in [-0.2, 0) is 13.1 Å². The number of nitrogens with zero attached hydrogens (tertiary/aromatic N) is 3. The summed E-state index contributed by atoms with van der Waals surface area (Å²) in [6.45, 7) is 3.41. The van der Waals surface area contributed by atoms with Crippen molar-refractivity contribution >= 4 is 33.7 Å². The highest BCUT2D eigenvalue weighted by molar-refractivity contribution is 5.81. The number of H-pyrrole nitrogens is 2. The van der Waals surface area contributed by atoms with Gasteiger partial charge >= 0.3 is 0 Å². The quantitative estimate of drug-likeness (QED) is 0.349. The van der Waals surface area contributed by atoms with Crippen LogP contribution in [0.5, 0.6) is 0 Å². The van der Waals surface area contributed by atoms with E-state index in [9.17, 15) is 0 Å². The van der Waals surface area contributed by atoms with Crippen LogP contribution in [0, 0.1) is 6.92 Å². The van der Waals surface area contributed by atoms with Crippen molar-refractivity contribution in [2.75, 3.05) is 10.6 Å². The number of aryl methyl sites for hydroxylation is 1. The van der Waals surface area contributed by atoms with E-state index in [0.717, 1.165) is 27.9 Å². The molecule has 7 nitrogen and oxygen atoms in total. The van der Waals surface area contributed by atoms with Crippen LogP contribution in [0.3, 0.4) is 0 Å². The summed E-state index contributed by atoms with van der Waals surface area (Å²) in [5, 5.41) is 7.88. The lowest BCUT2D eigenvalue weighted by molar-refractivity contribution is 1.04. The average molecular weight is 383 g/mol. The van der Waals surface area contributed by atoms with Crippen molar-refractivity contribution in [3.63, 3.8) is 0 Å². The normalized spacial score (nSPS) is 11.2. The molecule has 0 unspecified atom stereocenters. The summed E-state index contributed by atoms with van der Waals surface area (Å²) in [6, 6.07) is 16.6. The van der Waals surface area contributed by atoms with Gasteiger partial charge in [-0.3, -0.25) is 0 Å². The topological polar surface area (TPSA) is 94.3 Å². The molecule has 0 saturated heterocycles. The van der Waals surface area contributed by atoms with Crippen LogP contribution < -0.4 is 10.6 Å². The minimum atomic E-state index is 0.601. The second-order valence-corrected chi connectivity index (χ2v) is 7.10. The van der Waals surface area contributed by atoms with Gasteiger partial charge in [0, 0.05) is 30.5 Å². The van der Waals surface area contributed by atoms with Gasteiger partial charge < -0.3 is 20.6 Å². The van der Waals surface area contributed by atoms with Crippen molar-refractivity contribution in [2.45, 2.75) is 20.0 Å². The Kier molecular flexibility index (Phi) is 4.32. The molecular formula is C22H21N7. The van der Waals surface area contributed by atoms with Crippen LogP contribution in [0.15, 0.2) is 61.1 Å². The van der Waals surface area contributed by atoms with Gasteiger partial charge in [-0.05, 0) is 59.8 Å². The largest absolute Gasteiger partial charge is 0.366 e. The van der Waals surface area contributed by atoms with Crippen LogP contribution in [0.25, 0.3) is 21.9 Å². The van der Waals surface area contributed by atoms with Gasteiger partial charge in [0.1, 0.15) is 5.82 Å². The lowest BCUT2D eigenvalue weighted by Gasteiger charge is -2.09. The molecule has 0 saturated carbocycles. The van der Waals surface area contributed by atoms with Crippen molar-refractivity contribution in [1.82, 2.24) is 24.9 Å². The Hall–Kier alpha value is -3.87. The van der Waals surface area contributed by atoms with Gasteiger partial charge in [0.15, 0.2) is 0 Å². The van der Waals surface area contributed by atoms with E-state index in [1.54, 1.807) is 12.5 Å². The molecule has 144 valence electrons. The fourth-order valence-corrected chi connectivity index (χ4v) is 3.45. The van der Waals surface area contributed by atoms with Crippen molar-refractivity contribution in [2.24, 2.45) is 0 Å². The molecule has 0 atom stereocenters. The molecule has 4 N–H and O–H groups in total. The molecule has 0 aliphatic carbocycles. The highest BCUT2D eigenvalue weighted by atomic mass is 15.1. The number of hydrogen-bond donors (Lipinski definition) is 4. The maximum absolute atomic E-state index is 4.56. The Balaban J connectivity index is 1.23. The number of aromatic nitrogens is 5. The van der Waals surface area contributed by atoms with Gasteiger partial charge in [0.2, 0.25) is 5.95 Å². The van der Waals surface area contributed by atoms with E-state index in [4.69, 9.17) is 0 Å². The number of aromatic amines is 2. The van der Waals surface area contributed by atoms with Crippen LogP contribution in [0.2, 0.25) is 0 Å². The molecule has 3 heterocycles. The molecule has 0 spiro atoms. The number of nitrogens with one attached hydrogen (secondary N) is 4. The molecule has 29 heavy (non-hydrogen) atoms. The Morgan fingerprint density at radius 3 is 2.69 bits per heavy atom. The second-order valence-electron chi connectivity index (χ2n) is 7.10. The predicted octanol–water partition coefficient (Wildman–Crippen LogP) is 4.37. The van der Waals surface area contributed by atoms with Gasteiger partial charge in [-0.1, -0.05) is 12.1 Å². The first-order valence-corrected chi connectivity index (χ1v) is 9.54. The van der Waals surface area contributed by atoms with Gasteiger partial charge in [-0.2, -0.15) is 4.98 Å². The molecule has 0 amide bonds.